The van der Waals surface area contributed by atoms with E-state index >= 15 is 0 Å². The van der Waals surface area contributed by atoms with Gasteiger partial charge in [-0.05, 0) is 68.4 Å². The molecular weight excluding hydrogens is 610 g/mol. The molecule has 0 saturated heterocycles. The van der Waals surface area contributed by atoms with Gasteiger partial charge >= 0.3 is 12.1 Å². The van der Waals surface area contributed by atoms with Gasteiger partial charge in [-0.2, -0.15) is 0 Å². The molecule has 0 radical (unpaired) electrons. The van der Waals surface area contributed by atoms with Crippen LogP contribution in [0.3, 0.4) is 0 Å². The van der Waals surface area contributed by atoms with Crippen LogP contribution in [-0.4, -0.2) is 63.3 Å². The number of carboxylic acids is 1. The zero-order chi connectivity index (χ0) is 33.2. The lowest BCUT2D eigenvalue weighted by molar-refractivity contribution is -0.139. The maximum Gasteiger partial charge on any atom is 0.408 e. The monoisotopic (exact) mass is 659 g/mol. The number of methoxy groups -OCH3 is 1. The molecule has 2 aromatic rings. The summed E-state index contributed by atoms with van der Waals surface area (Å²) < 4.78 is 36.8. The summed E-state index contributed by atoms with van der Waals surface area (Å²) in [7, 11) is -2.46. The van der Waals surface area contributed by atoms with Gasteiger partial charge in [-0.3, -0.25) is 4.99 Å². The summed E-state index contributed by atoms with van der Waals surface area (Å²) in [5, 5.41) is 15.4. The molecule has 0 bridgehead atoms. The minimum absolute atomic E-state index is 0.00811. The molecule has 12 nitrogen and oxygen atoms in total. The quantitative estimate of drug-likeness (QED) is 0.116. The molecule has 4 rings (SSSR count). The van der Waals surface area contributed by atoms with Crippen LogP contribution in [0, 0.1) is 0 Å². The maximum atomic E-state index is 12.3. The number of hydrogen-bond donors (Lipinski definition) is 5. The van der Waals surface area contributed by atoms with Gasteiger partial charge in [-0.15, -0.1) is 0 Å². The van der Waals surface area contributed by atoms with E-state index < -0.39 is 28.1 Å². The molecular formula is C33H49N5O7S. The number of sulfonamides is 1. The fraction of sp³-hybridized carbons (Fsp3) is 0.545. The number of nitrogens with zero attached hydrogens (tertiary/aromatic N) is 1. The van der Waals surface area contributed by atoms with Gasteiger partial charge in [0.2, 0.25) is 5.96 Å². The summed E-state index contributed by atoms with van der Waals surface area (Å²) in [5.41, 5.74) is 6.40. The minimum Gasteiger partial charge on any atom is -0.497 e. The number of amides is 1. The summed E-state index contributed by atoms with van der Waals surface area (Å²) >= 11 is 0. The van der Waals surface area contributed by atoms with Crippen molar-refractivity contribution < 1.29 is 32.6 Å². The third-order valence-corrected chi connectivity index (χ3v) is 9.40. The van der Waals surface area contributed by atoms with E-state index in [-0.39, 0.29) is 36.8 Å². The van der Waals surface area contributed by atoms with E-state index in [0.29, 0.717) is 5.75 Å². The molecule has 2 aliphatic carbocycles. The van der Waals surface area contributed by atoms with Crippen molar-refractivity contribution in [3.63, 3.8) is 0 Å². The molecule has 0 heterocycles. The number of ether oxygens (including phenoxy) is 2. The van der Waals surface area contributed by atoms with E-state index in [1.807, 2.05) is 6.07 Å². The highest BCUT2D eigenvalue weighted by Gasteiger charge is 2.21. The molecule has 46 heavy (non-hydrogen) atoms. The molecule has 2 aromatic carbocycles. The SMILES string of the molecule is C1CCC(NC2CCCCC2)CC1.COc1ccc(S(=O)(=O)NC(N)=NCCC[C@H](NC(=O)OCc2ccccc2)C(=O)O)cc1. The fourth-order valence-corrected chi connectivity index (χ4v) is 6.47. The highest BCUT2D eigenvalue weighted by molar-refractivity contribution is 7.90. The Labute approximate surface area is 272 Å². The van der Waals surface area contributed by atoms with E-state index in [4.69, 9.17) is 15.2 Å². The number of carbonyl (C=O) groups excluding carboxylic acids is 1. The van der Waals surface area contributed by atoms with Gasteiger partial charge in [0.25, 0.3) is 10.0 Å². The van der Waals surface area contributed by atoms with Crippen molar-refractivity contribution in [2.45, 2.75) is 107 Å². The van der Waals surface area contributed by atoms with Crippen molar-refractivity contribution >= 4 is 28.0 Å². The zero-order valence-electron chi connectivity index (χ0n) is 26.7. The van der Waals surface area contributed by atoms with E-state index in [1.165, 1.54) is 95.6 Å². The summed E-state index contributed by atoms with van der Waals surface area (Å²) in [6.07, 6.45) is 14.0. The molecule has 2 fully saturated rings. The van der Waals surface area contributed by atoms with Gasteiger partial charge in [0, 0.05) is 18.6 Å². The zero-order valence-corrected chi connectivity index (χ0v) is 27.5. The van der Waals surface area contributed by atoms with Gasteiger partial charge in [-0.25, -0.2) is 22.7 Å². The number of carboxylic acid groups (broad SMARTS) is 1. The Morgan fingerprint density at radius 1 is 0.935 bits per heavy atom. The summed E-state index contributed by atoms with van der Waals surface area (Å²) in [6.45, 7) is 0.0513. The minimum atomic E-state index is -3.93. The van der Waals surface area contributed by atoms with Crippen LogP contribution in [-0.2, 0) is 26.2 Å². The third-order valence-electron chi connectivity index (χ3n) is 8.03. The smallest absolute Gasteiger partial charge is 0.408 e. The van der Waals surface area contributed by atoms with Crippen LogP contribution in [0.15, 0.2) is 64.5 Å². The number of rotatable bonds is 13. The van der Waals surface area contributed by atoms with E-state index in [1.54, 1.807) is 24.3 Å². The average Bonchev–Trinajstić information content (AvgIpc) is 3.06. The van der Waals surface area contributed by atoms with Crippen LogP contribution < -0.4 is 25.8 Å². The number of carbonyl (C=O) groups is 2. The number of hydrogen-bond acceptors (Lipinski definition) is 8. The molecule has 13 heteroatoms. The van der Waals surface area contributed by atoms with Crippen LogP contribution in [0.25, 0.3) is 0 Å². The van der Waals surface area contributed by atoms with Crippen molar-refractivity contribution in [2.75, 3.05) is 13.7 Å². The first-order valence-corrected chi connectivity index (χ1v) is 17.6. The third kappa shape index (κ3) is 13.7. The number of guanidine groups is 1. The number of nitrogens with one attached hydrogen (secondary N) is 3. The lowest BCUT2D eigenvalue weighted by Gasteiger charge is -2.30. The molecule has 1 amide bonds. The Bertz CT molecular complexity index is 1310. The molecule has 2 saturated carbocycles. The molecule has 6 N–H and O–H groups in total. The lowest BCUT2D eigenvalue weighted by Crippen LogP contribution is -2.41. The fourth-order valence-electron chi connectivity index (χ4n) is 5.51. The first-order chi connectivity index (χ1) is 22.2. The second kappa shape index (κ2) is 19.6. The van der Waals surface area contributed by atoms with Gasteiger partial charge in [-0.1, -0.05) is 68.9 Å². The molecule has 0 aliphatic heterocycles. The Morgan fingerprint density at radius 2 is 1.52 bits per heavy atom. The van der Waals surface area contributed by atoms with Crippen LogP contribution >= 0.6 is 0 Å². The van der Waals surface area contributed by atoms with Crippen molar-refractivity contribution in [1.82, 2.24) is 15.4 Å². The molecule has 0 aromatic heterocycles. The van der Waals surface area contributed by atoms with Crippen molar-refractivity contribution in [1.29, 1.82) is 0 Å². The second-order valence-electron chi connectivity index (χ2n) is 11.6. The number of nitrogens with two attached hydrogens (primary N) is 1. The lowest BCUT2D eigenvalue weighted by atomic mass is 9.91. The Morgan fingerprint density at radius 3 is 2.07 bits per heavy atom. The predicted octanol–water partition coefficient (Wildman–Crippen LogP) is 4.69. The van der Waals surface area contributed by atoms with Crippen molar-refractivity contribution in [2.24, 2.45) is 10.7 Å². The van der Waals surface area contributed by atoms with Crippen LogP contribution in [0.2, 0.25) is 0 Å². The largest absolute Gasteiger partial charge is 0.497 e. The van der Waals surface area contributed by atoms with Crippen molar-refractivity contribution in [3.8, 4) is 5.75 Å². The maximum absolute atomic E-state index is 12.3. The first kappa shape index (κ1) is 36.6. The topological polar surface area (TPSA) is 181 Å². The molecule has 2 aliphatic rings. The summed E-state index contributed by atoms with van der Waals surface area (Å²) in [6, 6.07) is 15.2. The summed E-state index contributed by atoms with van der Waals surface area (Å²) in [5.74, 6) is -1.07. The van der Waals surface area contributed by atoms with E-state index in [9.17, 15) is 23.1 Å². The second-order valence-corrected chi connectivity index (χ2v) is 13.3. The van der Waals surface area contributed by atoms with Crippen molar-refractivity contribution in [3.05, 3.63) is 60.2 Å². The standard InChI is InChI=1S/C21H26N4O7S.C12H23N/c1-31-16-9-11-17(12-10-16)33(29,30)25-20(22)23-13-5-8-18(19(26)27)24-21(28)32-14-15-6-3-2-4-7-15;1-3-7-11(8-4-1)13-12-9-5-2-6-10-12/h2-4,6-7,9-12,18H,5,8,13-14H2,1H3,(H,24,28)(H,26,27)(H3,22,23,25);11-13H,1-10H2/t18-;/m0./s1. The number of benzene rings is 2. The molecule has 1 atom stereocenters. The van der Waals surface area contributed by atoms with Gasteiger partial charge < -0.3 is 30.9 Å². The van der Waals surface area contributed by atoms with Crippen LogP contribution in [0.1, 0.15) is 82.6 Å². The highest BCUT2D eigenvalue weighted by atomic mass is 32.2. The van der Waals surface area contributed by atoms with Gasteiger partial charge in [0.15, 0.2) is 0 Å². The van der Waals surface area contributed by atoms with E-state index in [2.05, 4.69) is 20.3 Å². The predicted molar refractivity (Wildman–Crippen MR) is 177 cm³/mol. The first-order valence-electron chi connectivity index (χ1n) is 16.1. The normalized spacial score (nSPS) is 16.8. The van der Waals surface area contributed by atoms with Crippen LogP contribution in [0.5, 0.6) is 5.75 Å². The number of alkyl carbamates (subject to hydrolysis) is 1. The number of aliphatic carboxylic acids is 1. The molecule has 254 valence electrons. The van der Waals surface area contributed by atoms with E-state index in [0.717, 1.165) is 17.6 Å². The molecule has 0 spiro atoms. The summed E-state index contributed by atoms with van der Waals surface area (Å²) in [4.78, 5) is 27.1. The highest BCUT2D eigenvalue weighted by Crippen LogP contribution is 2.22. The average molecular weight is 660 g/mol. The van der Waals surface area contributed by atoms with Gasteiger partial charge in [0.1, 0.15) is 18.4 Å². The van der Waals surface area contributed by atoms with Crippen LogP contribution in [0.4, 0.5) is 4.79 Å². The molecule has 0 unspecified atom stereocenters. The Balaban J connectivity index is 0.000000365. The number of aliphatic imine (C=N–C) groups is 1. The van der Waals surface area contributed by atoms with Gasteiger partial charge in [0.05, 0.1) is 12.0 Å². The Kier molecular flexibility index (Phi) is 15.6. The Hall–Kier alpha value is -3.84.